The Morgan fingerprint density at radius 2 is 1.74 bits per heavy atom. The number of carbonyl (C=O) groups is 1. The SMILES string of the molecule is COc1ccc(CNC(=O)NCC(C)(O)c2ccccc2)cc1. The molecular weight excluding hydrogens is 292 g/mol. The van der Waals surface area contributed by atoms with E-state index in [1.54, 1.807) is 14.0 Å². The van der Waals surface area contributed by atoms with E-state index in [-0.39, 0.29) is 12.6 Å². The molecular formula is C18H22N2O3. The number of nitrogens with one attached hydrogen (secondary N) is 2. The van der Waals surface area contributed by atoms with Gasteiger partial charge in [0, 0.05) is 6.54 Å². The highest BCUT2D eigenvalue weighted by molar-refractivity contribution is 5.73. The number of urea groups is 1. The summed E-state index contributed by atoms with van der Waals surface area (Å²) in [5, 5.41) is 15.9. The lowest BCUT2D eigenvalue weighted by molar-refractivity contribution is 0.0594. The van der Waals surface area contributed by atoms with Crippen molar-refractivity contribution in [1.29, 1.82) is 0 Å². The van der Waals surface area contributed by atoms with E-state index in [0.717, 1.165) is 16.9 Å². The van der Waals surface area contributed by atoms with Gasteiger partial charge in [-0.2, -0.15) is 0 Å². The molecule has 0 aliphatic heterocycles. The molecule has 0 saturated carbocycles. The maximum absolute atomic E-state index is 11.9. The maximum Gasteiger partial charge on any atom is 0.315 e. The summed E-state index contributed by atoms with van der Waals surface area (Å²) in [5.74, 6) is 0.775. The van der Waals surface area contributed by atoms with Crippen LogP contribution in [0.15, 0.2) is 54.6 Å². The van der Waals surface area contributed by atoms with Gasteiger partial charge >= 0.3 is 6.03 Å². The summed E-state index contributed by atoms with van der Waals surface area (Å²) in [6.07, 6.45) is 0. The molecule has 0 aliphatic carbocycles. The Kier molecular flexibility index (Phi) is 5.60. The molecule has 0 aromatic heterocycles. The van der Waals surface area contributed by atoms with Crippen molar-refractivity contribution >= 4 is 6.03 Å². The molecule has 1 unspecified atom stereocenters. The first-order valence-electron chi connectivity index (χ1n) is 7.44. The van der Waals surface area contributed by atoms with E-state index in [0.29, 0.717) is 6.54 Å². The summed E-state index contributed by atoms with van der Waals surface area (Å²) in [7, 11) is 1.61. The van der Waals surface area contributed by atoms with Crippen molar-refractivity contribution in [2.45, 2.75) is 19.1 Å². The molecule has 2 aromatic rings. The summed E-state index contributed by atoms with van der Waals surface area (Å²) in [6, 6.07) is 16.4. The molecule has 0 heterocycles. The Morgan fingerprint density at radius 1 is 1.09 bits per heavy atom. The van der Waals surface area contributed by atoms with Crippen molar-refractivity contribution in [3.05, 3.63) is 65.7 Å². The lowest BCUT2D eigenvalue weighted by Gasteiger charge is -2.24. The van der Waals surface area contributed by atoms with Crippen LogP contribution >= 0.6 is 0 Å². The molecule has 0 aliphatic rings. The summed E-state index contributed by atoms with van der Waals surface area (Å²) < 4.78 is 5.09. The zero-order valence-corrected chi connectivity index (χ0v) is 13.4. The Bertz CT molecular complexity index is 624. The zero-order valence-electron chi connectivity index (χ0n) is 13.4. The molecule has 5 nitrogen and oxygen atoms in total. The Labute approximate surface area is 136 Å². The number of hydrogen-bond donors (Lipinski definition) is 3. The summed E-state index contributed by atoms with van der Waals surface area (Å²) in [5.41, 5.74) is 0.616. The van der Waals surface area contributed by atoms with E-state index in [2.05, 4.69) is 10.6 Å². The fraction of sp³-hybridized carbons (Fsp3) is 0.278. The van der Waals surface area contributed by atoms with Crippen LogP contribution in [0.3, 0.4) is 0 Å². The van der Waals surface area contributed by atoms with Crippen LogP contribution in [0.5, 0.6) is 5.75 Å². The van der Waals surface area contributed by atoms with Crippen LogP contribution in [0.4, 0.5) is 4.79 Å². The molecule has 0 bridgehead atoms. The molecule has 2 amide bonds. The third-order valence-electron chi connectivity index (χ3n) is 3.60. The molecule has 5 heteroatoms. The van der Waals surface area contributed by atoms with Crippen LogP contribution in [0.2, 0.25) is 0 Å². The number of aliphatic hydroxyl groups is 1. The molecule has 3 N–H and O–H groups in total. The van der Waals surface area contributed by atoms with Gasteiger partial charge in [-0.15, -0.1) is 0 Å². The number of amides is 2. The topological polar surface area (TPSA) is 70.6 Å². The molecule has 2 rings (SSSR count). The maximum atomic E-state index is 11.9. The van der Waals surface area contributed by atoms with Gasteiger partial charge in [0.15, 0.2) is 0 Å². The van der Waals surface area contributed by atoms with Gasteiger partial charge in [0.05, 0.1) is 13.7 Å². The number of benzene rings is 2. The summed E-state index contributed by atoms with van der Waals surface area (Å²) in [6.45, 7) is 2.21. The fourth-order valence-electron chi connectivity index (χ4n) is 2.14. The standard InChI is InChI=1S/C18H22N2O3/c1-18(22,15-6-4-3-5-7-15)13-20-17(21)19-12-14-8-10-16(23-2)11-9-14/h3-11,22H,12-13H2,1-2H3,(H2,19,20,21). The number of ether oxygens (including phenoxy) is 1. The Balaban J connectivity index is 1.80. The van der Waals surface area contributed by atoms with Crippen molar-refractivity contribution in [3.8, 4) is 5.75 Å². The number of rotatable bonds is 6. The first-order chi connectivity index (χ1) is 11.0. The monoisotopic (exact) mass is 314 g/mol. The van der Waals surface area contributed by atoms with Gasteiger partial charge in [-0.1, -0.05) is 42.5 Å². The second kappa shape index (κ2) is 7.65. The average molecular weight is 314 g/mol. The Morgan fingerprint density at radius 3 is 2.35 bits per heavy atom. The van der Waals surface area contributed by atoms with Crippen LogP contribution in [0.1, 0.15) is 18.1 Å². The van der Waals surface area contributed by atoms with Gasteiger partial charge in [0.25, 0.3) is 0 Å². The predicted octanol–water partition coefficient (Wildman–Crippen LogP) is 2.40. The van der Waals surface area contributed by atoms with E-state index in [4.69, 9.17) is 4.74 Å². The van der Waals surface area contributed by atoms with Crippen LogP contribution in [0, 0.1) is 0 Å². The minimum absolute atomic E-state index is 0.130. The quantitative estimate of drug-likeness (QED) is 0.767. The highest BCUT2D eigenvalue weighted by Gasteiger charge is 2.23. The third kappa shape index (κ3) is 5.00. The van der Waals surface area contributed by atoms with Crippen LogP contribution in [0.25, 0.3) is 0 Å². The molecule has 2 aromatic carbocycles. The second-order valence-electron chi connectivity index (χ2n) is 5.52. The minimum Gasteiger partial charge on any atom is -0.497 e. The van der Waals surface area contributed by atoms with Gasteiger partial charge in [-0.05, 0) is 30.2 Å². The largest absolute Gasteiger partial charge is 0.497 e. The zero-order chi connectivity index (χ0) is 16.7. The van der Waals surface area contributed by atoms with E-state index < -0.39 is 5.60 Å². The summed E-state index contributed by atoms with van der Waals surface area (Å²) >= 11 is 0. The molecule has 0 fully saturated rings. The van der Waals surface area contributed by atoms with Crippen molar-refractivity contribution in [2.24, 2.45) is 0 Å². The van der Waals surface area contributed by atoms with Crippen molar-refractivity contribution in [1.82, 2.24) is 10.6 Å². The van der Waals surface area contributed by atoms with E-state index in [9.17, 15) is 9.90 Å². The van der Waals surface area contributed by atoms with E-state index >= 15 is 0 Å². The average Bonchev–Trinajstić information content (AvgIpc) is 2.59. The smallest absolute Gasteiger partial charge is 0.315 e. The minimum atomic E-state index is -1.11. The highest BCUT2D eigenvalue weighted by Crippen LogP contribution is 2.18. The van der Waals surface area contributed by atoms with Gasteiger partial charge in [-0.3, -0.25) is 0 Å². The Hall–Kier alpha value is -2.53. The van der Waals surface area contributed by atoms with Crippen LogP contribution < -0.4 is 15.4 Å². The highest BCUT2D eigenvalue weighted by atomic mass is 16.5. The number of hydrogen-bond acceptors (Lipinski definition) is 3. The molecule has 0 saturated heterocycles. The van der Waals surface area contributed by atoms with Gasteiger partial charge in [0.1, 0.15) is 11.4 Å². The lowest BCUT2D eigenvalue weighted by Crippen LogP contribution is -2.43. The molecule has 1 atom stereocenters. The molecule has 0 spiro atoms. The normalized spacial score (nSPS) is 13.0. The second-order valence-corrected chi connectivity index (χ2v) is 5.52. The number of carbonyl (C=O) groups excluding carboxylic acids is 1. The van der Waals surface area contributed by atoms with Crippen molar-refractivity contribution in [3.63, 3.8) is 0 Å². The third-order valence-corrected chi connectivity index (χ3v) is 3.60. The van der Waals surface area contributed by atoms with Gasteiger partial charge in [0.2, 0.25) is 0 Å². The fourth-order valence-corrected chi connectivity index (χ4v) is 2.14. The van der Waals surface area contributed by atoms with E-state index in [1.165, 1.54) is 0 Å². The van der Waals surface area contributed by atoms with Crippen molar-refractivity contribution < 1.29 is 14.6 Å². The first kappa shape index (κ1) is 16.8. The number of methoxy groups -OCH3 is 1. The van der Waals surface area contributed by atoms with Crippen LogP contribution in [-0.2, 0) is 12.1 Å². The van der Waals surface area contributed by atoms with E-state index in [1.807, 2.05) is 54.6 Å². The molecule has 23 heavy (non-hydrogen) atoms. The predicted molar refractivity (Wildman–Crippen MR) is 89.2 cm³/mol. The van der Waals surface area contributed by atoms with Gasteiger partial charge in [-0.25, -0.2) is 4.79 Å². The molecule has 0 radical (unpaired) electrons. The molecule has 122 valence electrons. The van der Waals surface area contributed by atoms with Crippen LogP contribution in [-0.4, -0.2) is 24.8 Å². The van der Waals surface area contributed by atoms with Gasteiger partial charge < -0.3 is 20.5 Å². The van der Waals surface area contributed by atoms with Crippen molar-refractivity contribution in [2.75, 3.05) is 13.7 Å². The lowest BCUT2D eigenvalue weighted by atomic mass is 9.96. The first-order valence-corrected chi connectivity index (χ1v) is 7.44. The summed E-state index contributed by atoms with van der Waals surface area (Å²) in [4.78, 5) is 11.9.